The van der Waals surface area contributed by atoms with E-state index in [1.54, 1.807) is 4.90 Å². The largest absolute Gasteiger partial charge is 0.395 e. The van der Waals surface area contributed by atoms with E-state index in [4.69, 9.17) is 5.11 Å². The Morgan fingerprint density at radius 3 is 2.52 bits per heavy atom. The van der Waals surface area contributed by atoms with Gasteiger partial charge in [0, 0.05) is 43.9 Å². The Morgan fingerprint density at radius 2 is 1.87 bits per heavy atom. The Kier molecular flexibility index (Phi) is 5.67. The van der Waals surface area contributed by atoms with Gasteiger partial charge >= 0.3 is 6.03 Å². The minimum atomic E-state index is -0.611. The Morgan fingerprint density at radius 1 is 1.19 bits per heavy atom. The fourth-order valence-electron chi connectivity index (χ4n) is 4.18. The van der Waals surface area contributed by atoms with E-state index in [0.717, 1.165) is 24.3 Å². The lowest BCUT2D eigenvalue weighted by atomic mass is 10.0. The van der Waals surface area contributed by atoms with E-state index in [0.29, 0.717) is 37.6 Å². The highest BCUT2D eigenvalue weighted by atomic mass is 19.1. The van der Waals surface area contributed by atoms with Gasteiger partial charge in [0.25, 0.3) is 5.91 Å². The number of aliphatic hydroxyl groups is 1. The number of benzene rings is 1. The van der Waals surface area contributed by atoms with Crippen molar-refractivity contribution in [2.45, 2.75) is 25.9 Å². The Hall–Kier alpha value is -2.98. The highest BCUT2D eigenvalue weighted by molar-refractivity contribution is 6.04. The van der Waals surface area contributed by atoms with Crippen LogP contribution in [0.2, 0.25) is 0 Å². The fraction of sp³-hybridized carbons (Fsp3) is 0.476. The third kappa shape index (κ3) is 4.00. The minimum Gasteiger partial charge on any atom is -0.395 e. The zero-order valence-electron chi connectivity index (χ0n) is 17.7. The smallest absolute Gasteiger partial charge is 0.321 e. The van der Waals surface area contributed by atoms with Crippen molar-refractivity contribution >= 4 is 17.8 Å². The average molecular weight is 430 g/mol. The number of carbonyl (C=O) groups excluding carboxylic acids is 2. The van der Waals surface area contributed by atoms with Crippen LogP contribution in [0.3, 0.4) is 0 Å². The molecule has 10 heteroatoms. The first-order valence-electron chi connectivity index (χ1n) is 10.4. The number of β-amino-alcohol motifs (C(OH)–C–C–N with tert-alkyl or cyclic N) is 1. The van der Waals surface area contributed by atoms with Gasteiger partial charge < -0.3 is 20.2 Å². The maximum atomic E-state index is 13.3. The van der Waals surface area contributed by atoms with Crippen LogP contribution in [0.25, 0.3) is 0 Å². The predicted octanol–water partition coefficient (Wildman–Crippen LogP) is 1.58. The lowest BCUT2D eigenvalue weighted by Gasteiger charge is -2.40. The monoisotopic (exact) mass is 430 g/mol. The molecule has 1 aromatic carbocycles. The number of amides is 3. The predicted molar refractivity (Wildman–Crippen MR) is 112 cm³/mol. The number of fused-ring (bicyclic) bond motifs is 1. The van der Waals surface area contributed by atoms with E-state index < -0.39 is 17.3 Å². The van der Waals surface area contributed by atoms with Crippen LogP contribution in [0.15, 0.2) is 24.3 Å². The van der Waals surface area contributed by atoms with Gasteiger partial charge in [-0.1, -0.05) is 0 Å². The maximum absolute atomic E-state index is 13.3. The molecule has 3 N–H and O–H groups in total. The van der Waals surface area contributed by atoms with E-state index in [1.165, 1.54) is 24.3 Å². The molecular formula is C21H27FN6O3. The number of nitrogens with zero attached hydrogens (tertiary/aromatic N) is 4. The molecule has 2 aliphatic heterocycles. The molecule has 0 unspecified atom stereocenters. The molecule has 31 heavy (non-hydrogen) atoms. The normalized spacial score (nSPS) is 18.2. The van der Waals surface area contributed by atoms with Gasteiger partial charge in [-0.25, -0.2) is 9.18 Å². The molecule has 3 amide bonds. The maximum Gasteiger partial charge on any atom is 0.321 e. The number of rotatable bonds is 4. The summed E-state index contributed by atoms with van der Waals surface area (Å²) in [5.41, 5.74) is 1.27. The van der Waals surface area contributed by atoms with Crippen molar-refractivity contribution in [3.05, 3.63) is 46.9 Å². The van der Waals surface area contributed by atoms with Crippen molar-refractivity contribution in [3.8, 4) is 0 Å². The molecule has 1 saturated heterocycles. The van der Waals surface area contributed by atoms with Crippen LogP contribution in [0, 0.1) is 5.82 Å². The van der Waals surface area contributed by atoms with Gasteiger partial charge in [0.1, 0.15) is 5.82 Å². The topological polar surface area (TPSA) is 105 Å². The van der Waals surface area contributed by atoms with Gasteiger partial charge in [-0.2, -0.15) is 5.10 Å². The van der Waals surface area contributed by atoms with Gasteiger partial charge in [-0.05, 0) is 38.1 Å². The molecule has 2 aliphatic rings. The molecule has 0 radical (unpaired) electrons. The van der Waals surface area contributed by atoms with Gasteiger partial charge in [0.15, 0.2) is 5.82 Å². The van der Waals surface area contributed by atoms with E-state index in [9.17, 15) is 14.0 Å². The molecule has 4 rings (SSSR count). The molecule has 9 nitrogen and oxygen atoms in total. The molecular weight excluding hydrogens is 403 g/mol. The summed E-state index contributed by atoms with van der Waals surface area (Å²) in [6.07, 6.45) is 0. The summed E-state index contributed by atoms with van der Waals surface area (Å²) in [4.78, 5) is 31.5. The second kappa shape index (κ2) is 8.27. The number of H-pyrrole nitrogens is 1. The summed E-state index contributed by atoms with van der Waals surface area (Å²) in [5, 5.41) is 19.1. The molecule has 0 bridgehead atoms. The third-order valence-electron chi connectivity index (χ3n) is 6.10. The molecule has 1 fully saturated rings. The van der Waals surface area contributed by atoms with Crippen molar-refractivity contribution in [2.75, 3.05) is 44.6 Å². The van der Waals surface area contributed by atoms with Crippen LogP contribution in [0.5, 0.6) is 0 Å². The number of halogens is 1. The minimum absolute atomic E-state index is 0.0611. The molecule has 2 aromatic rings. The number of hydrogen-bond acceptors (Lipinski definition) is 5. The van der Waals surface area contributed by atoms with Gasteiger partial charge in [0.2, 0.25) is 0 Å². The number of piperazine rings is 1. The number of nitrogens with one attached hydrogen (secondary N) is 2. The highest BCUT2D eigenvalue weighted by Crippen LogP contribution is 2.41. The summed E-state index contributed by atoms with van der Waals surface area (Å²) in [7, 11) is 0. The van der Waals surface area contributed by atoms with Gasteiger partial charge in [-0.3, -0.25) is 14.8 Å². The van der Waals surface area contributed by atoms with Crippen molar-refractivity contribution < 1.29 is 19.1 Å². The van der Waals surface area contributed by atoms with Crippen molar-refractivity contribution in [1.82, 2.24) is 24.9 Å². The summed E-state index contributed by atoms with van der Waals surface area (Å²) in [5.74, 6) is -0.428. The number of anilines is 1. The number of urea groups is 1. The molecule has 0 saturated carbocycles. The van der Waals surface area contributed by atoms with Crippen molar-refractivity contribution in [3.63, 3.8) is 0 Å². The van der Waals surface area contributed by atoms with Gasteiger partial charge in [0.05, 0.1) is 24.4 Å². The summed E-state index contributed by atoms with van der Waals surface area (Å²) in [6, 6.07) is 5.22. The van der Waals surface area contributed by atoms with E-state index >= 15 is 0 Å². The zero-order chi connectivity index (χ0) is 22.2. The fourth-order valence-corrected chi connectivity index (χ4v) is 4.18. The van der Waals surface area contributed by atoms with Crippen LogP contribution < -0.4 is 5.32 Å². The van der Waals surface area contributed by atoms with E-state index in [2.05, 4.69) is 20.4 Å². The Labute approximate surface area is 179 Å². The standard InChI is InChI=1S/C21H27FN6O3/c1-21(2)17-16(13-28(21)20(31)27-9-7-26(8-10-27)11-12-29)18(25-24-17)23-19(30)14-3-5-15(22)6-4-14/h3-6,29H,7-13H2,1-2H3,(H2,23,24,25,30). The molecule has 0 spiro atoms. The lowest BCUT2D eigenvalue weighted by Crippen LogP contribution is -2.55. The number of hydrogen-bond donors (Lipinski definition) is 3. The third-order valence-corrected chi connectivity index (χ3v) is 6.10. The Bertz CT molecular complexity index is 966. The van der Waals surface area contributed by atoms with Crippen LogP contribution in [0.1, 0.15) is 35.5 Å². The van der Waals surface area contributed by atoms with E-state index in [-0.39, 0.29) is 12.6 Å². The highest BCUT2D eigenvalue weighted by Gasteiger charge is 2.45. The second-order valence-corrected chi connectivity index (χ2v) is 8.37. The SMILES string of the molecule is CC1(C)c2[nH]nc(NC(=O)c3ccc(F)cc3)c2CN1C(=O)N1CCN(CCO)CC1. The molecule has 1 aromatic heterocycles. The van der Waals surface area contributed by atoms with Gasteiger partial charge in [-0.15, -0.1) is 0 Å². The first kappa shape index (κ1) is 21.3. The van der Waals surface area contributed by atoms with Crippen LogP contribution in [-0.2, 0) is 12.1 Å². The lowest BCUT2D eigenvalue weighted by molar-refractivity contribution is 0.0777. The van der Waals surface area contributed by atoms with Crippen molar-refractivity contribution in [2.24, 2.45) is 0 Å². The second-order valence-electron chi connectivity index (χ2n) is 8.37. The molecule has 0 atom stereocenters. The van der Waals surface area contributed by atoms with Crippen molar-refractivity contribution in [1.29, 1.82) is 0 Å². The first-order valence-corrected chi connectivity index (χ1v) is 10.4. The molecule has 3 heterocycles. The number of aliphatic hydroxyl groups excluding tert-OH is 1. The number of carbonyl (C=O) groups is 2. The number of aromatic nitrogens is 2. The Balaban J connectivity index is 1.47. The summed E-state index contributed by atoms with van der Waals surface area (Å²) >= 11 is 0. The zero-order valence-corrected chi connectivity index (χ0v) is 17.7. The molecule has 166 valence electrons. The first-order chi connectivity index (χ1) is 14.8. The summed E-state index contributed by atoms with van der Waals surface area (Å²) < 4.78 is 13.1. The molecule has 0 aliphatic carbocycles. The summed E-state index contributed by atoms with van der Waals surface area (Å²) in [6.45, 7) is 7.61. The average Bonchev–Trinajstić information content (AvgIpc) is 3.27. The quantitative estimate of drug-likeness (QED) is 0.683. The van der Waals surface area contributed by atoms with Crippen LogP contribution >= 0.6 is 0 Å². The number of aromatic amines is 1. The van der Waals surface area contributed by atoms with E-state index in [1.807, 2.05) is 18.7 Å². The van der Waals surface area contributed by atoms with Crippen LogP contribution in [-0.4, -0.2) is 81.3 Å². The van der Waals surface area contributed by atoms with Crippen LogP contribution in [0.4, 0.5) is 15.0 Å².